The van der Waals surface area contributed by atoms with Crippen LogP contribution in [0, 0.1) is 12.7 Å². The lowest BCUT2D eigenvalue weighted by molar-refractivity contribution is -0.113. The van der Waals surface area contributed by atoms with Crippen LogP contribution in [-0.2, 0) is 11.3 Å². The van der Waals surface area contributed by atoms with Gasteiger partial charge in [0.15, 0.2) is 11.0 Å². The van der Waals surface area contributed by atoms with Gasteiger partial charge in [-0.25, -0.2) is 4.39 Å². The van der Waals surface area contributed by atoms with Gasteiger partial charge in [0, 0.05) is 17.1 Å². The van der Waals surface area contributed by atoms with Gasteiger partial charge in [0.1, 0.15) is 5.82 Å². The van der Waals surface area contributed by atoms with Crippen LogP contribution in [0.25, 0.3) is 11.4 Å². The summed E-state index contributed by atoms with van der Waals surface area (Å²) in [5.41, 5.74) is 1.59. The monoisotopic (exact) mass is 450 g/mol. The van der Waals surface area contributed by atoms with Gasteiger partial charge in [0.05, 0.1) is 16.5 Å². The molecule has 1 N–H and O–H groups in total. The van der Waals surface area contributed by atoms with Crippen LogP contribution in [0.3, 0.4) is 0 Å². The van der Waals surface area contributed by atoms with E-state index in [1.165, 1.54) is 23.9 Å². The van der Waals surface area contributed by atoms with Crippen molar-refractivity contribution in [3.8, 4) is 11.4 Å². The van der Waals surface area contributed by atoms with Crippen LogP contribution in [-0.4, -0.2) is 26.4 Å². The Balaban J connectivity index is 1.76. The quantitative estimate of drug-likeness (QED) is 0.375. The highest BCUT2D eigenvalue weighted by Gasteiger charge is 2.17. The Bertz CT molecular complexity index is 1070. The zero-order valence-electron chi connectivity index (χ0n) is 15.5. The van der Waals surface area contributed by atoms with E-state index >= 15 is 0 Å². The van der Waals surface area contributed by atoms with E-state index in [-0.39, 0.29) is 17.3 Å². The summed E-state index contributed by atoms with van der Waals surface area (Å²) in [6.07, 6.45) is 1.70. The molecule has 0 saturated heterocycles. The third kappa shape index (κ3) is 5.18. The van der Waals surface area contributed by atoms with E-state index in [1.54, 1.807) is 41.8 Å². The molecule has 1 heterocycles. The lowest BCUT2D eigenvalue weighted by atomic mass is 10.2. The first-order chi connectivity index (χ1) is 13.9. The van der Waals surface area contributed by atoms with Crippen LogP contribution in [0.2, 0.25) is 10.0 Å². The maximum Gasteiger partial charge on any atom is 0.234 e. The number of anilines is 1. The van der Waals surface area contributed by atoms with Gasteiger partial charge in [-0.3, -0.25) is 9.36 Å². The van der Waals surface area contributed by atoms with Crippen molar-refractivity contribution in [2.75, 3.05) is 11.1 Å². The number of rotatable bonds is 7. The van der Waals surface area contributed by atoms with Crippen LogP contribution < -0.4 is 5.32 Å². The number of hydrogen-bond donors (Lipinski definition) is 1. The number of hydrogen-bond acceptors (Lipinski definition) is 4. The van der Waals surface area contributed by atoms with Crippen molar-refractivity contribution in [2.45, 2.75) is 18.6 Å². The number of amides is 1. The minimum absolute atomic E-state index is 0.0386. The number of benzene rings is 2. The van der Waals surface area contributed by atoms with Crippen molar-refractivity contribution in [2.24, 2.45) is 0 Å². The number of halogens is 3. The molecule has 1 aromatic heterocycles. The van der Waals surface area contributed by atoms with Gasteiger partial charge in [-0.15, -0.1) is 16.8 Å². The maximum atomic E-state index is 13.9. The molecule has 0 aliphatic carbocycles. The van der Waals surface area contributed by atoms with E-state index in [1.807, 2.05) is 0 Å². The second-order valence-corrected chi connectivity index (χ2v) is 7.94. The summed E-state index contributed by atoms with van der Waals surface area (Å²) in [6.45, 7) is 5.96. The average molecular weight is 451 g/mol. The van der Waals surface area contributed by atoms with Crippen molar-refractivity contribution in [1.82, 2.24) is 14.8 Å². The van der Waals surface area contributed by atoms with Crippen LogP contribution in [0.1, 0.15) is 5.56 Å². The molecule has 0 aliphatic rings. The third-order valence-corrected chi connectivity index (χ3v) is 5.45. The first-order valence-corrected chi connectivity index (χ1v) is 10.3. The average Bonchev–Trinajstić information content (AvgIpc) is 3.05. The smallest absolute Gasteiger partial charge is 0.234 e. The van der Waals surface area contributed by atoms with Crippen LogP contribution >= 0.6 is 35.0 Å². The molecular formula is C20H17Cl2FN4OS. The predicted octanol–water partition coefficient (Wildman–Crippen LogP) is 5.62. The molecule has 0 fully saturated rings. The number of nitrogens with zero attached hydrogens (tertiary/aromatic N) is 3. The SMILES string of the molecule is C=CCn1c(SCC(=O)Nc2ccc(C)cc2F)nnc1-c1ccc(Cl)cc1Cl. The minimum Gasteiger partial charge on any atom is -0.323 e. The fourth-order valence-corrected chi connectivity index (χ4v) is 3.84. The molecule has 0 unspecified atom stereocenters. The fourth-order valence-electron chi connectivity index (χ4n) is 2.60. The van der Waals surface area contributed by atoms with Gasteiger partial charge in [-0.1, -0.05) is 47.1 Å². The standard InChI is InChI=1S/C20H17Cl2FN4OS/c1-3-8-27-19(14-6-5-13(21)10-15(14)22)25-26-20(27)29-11-18(28)24-17-7-4-12(2)9-16(17)23/h3-7,9-10H,1,8,11H2,2H3,(H,24,28). The van der Waals surface area contributed by atoms with Gasteiger partial charge >= 0.3 is 0 Å². The summed E-state index contributed by atoms with van der Waals surface area (Å²) in [4.78, 5) is 12.2. The number of carbonyl (C=O) groups excluding carboxylic acids is 1. The summed E-state index contributed by atoms with van der Waals surface area (Å²) in [5, 5.41) is 12.4. The zero-order valence-corrected chi connectivity index (χ0v) is 17.8. The first-order valence-electron chi connectivity index (χ1n) is 8.57. The Kier molecular flexibility index (Phi) is 6.95. The highest BCUT2D eigenvalue weighted by molar-refractivity contribution is 7.99. The fraction of sp³-hybridized carbons (Fsp3) is 0.150. The number of allylic oxidation sites excluding steroid dienone is 1. The Hall–Kier alpha value is -2.35. The molecular weight excluding hydrogens is 434 g/mol. The van der Waals surface area contributed by atoms with E-state index in [4.69, 9.17) is 23.2 Å². The van der Waals surface area contributed by atoms with Gasteiger partial charge in [0.2, 0.25) is 5.91 Å². The van der Waals surface area contributed by atoms with Crippen LogP contribution in [0.4, 0.5) is 10.1 Å². The lowest BCUT2D eigenvalue weighted by Crippen LogP contribution is -2.15. The van der Waals surface area contributed by atoms with E-state index in [0.29, 0.717) is 33.1 Å². The summed E-state index contributed by atoms with van der Waals surface area (Å²) in [6, 6.07) is 9.73. The molecule has 9 heteroatoms. The van der Waals surface area contributed by atoms with Crippen molar-refractivity contribution < 1.29 is 9.18 Å². The number of thioether (sulfide) groups is 1. The summed E-state index contributed by atoms with van der Waals surface area (Å²) in [5.74, 6) is -0.245. The molecule has 5 nitrogen and oxygen atoms in total. The van der Waals surface area contributed by atoms with Crippen LogP contribution in [0.15, 0.2) is 54.2 Å². The molecule has 3 rings (SSSR count). The number of carbonyl (C=O) groups is 1. The molecule has 1 amide bonds. The Labute approximate surface area is 181 Å². The maximum absolute atomic E-state index is 13.9. The molecule has 0 saturated carbocycles. The molecule has 150 valence electrons. The minimum atomic E-state index is -0.474. The Morgan fingerprint density at radius 1 is 1.28 bits per heavy atom. The highest BCUT2D eigenvalue weighted by Crippen LogP contribution is 2.31. The second kappa shape index (κ2) is 9.43. The van der Waals surface area contributed by atoms with Crippen molar-refractivity contribution in [1.29, 1.82) is 0 Å². The summed E-state index contributed by atoms with van der Waals surface area (Å²) < 4.78 is 15.7. The van der Waals surface area contributed by atoms with E-state index in [2.05, 4.69) is 22.1 Å². The molecule has 0 atom stereocenters. The van der Waals surface area contributed by atoms with Crippen molar-refractivity contribution >= 4 is 46.6 Å². The summed E-state index contributed by atoms with van der Waals surface area (Å²) in [7, 11) is 0. The first kappa shape index (κ1) is 21.4. The Morgan fingerprint density at radius 3 is 2.76 bits per heavy atom. The third-order valence-electron chi connectivity index (χ3n) is 3.93. The van der Waals surface area contributed by atoms with E-state index in [0.717, 1.165) is 5.56 Å². The molecule has 2 aromatic carbocycles. The van der Waals surface area contributed by atoms with Gasteiger partial charge in [-0.05, 0) is 42.8 Å². The van der Waals surface area contributed by atoms with Crippen LogP contribution in [0.5, 0.6) is 0 Å². The van der Waals surface area contributed by atoms with E-state index < -0.39 is 5.82 Å². The van der Waals surface area contributed by atoms with Gasteiger partial charge in [-0.2, -0.15) is 0 Å². The Morgan fingerprint density at radius 2 is 2.07 bits per heavy atom. The molecule has 0 aliphatic heterocycles. The van der Waals surface area contributed by atoms with E-state index in [9.17, 15) is 9.18 Å². The summed E-state index contributed by atoms with van der Waals surface area (Å²) >= 11 is 13.4. The van der Waals surface area contributed by atoms with Crippen molar-refractivity contribution in [3.05, 3.63) is 70.5 Å². The highest BCUT2D eigenvalue weighted by atomic mass is 35.5. The molecule has 0 spiro atoms. The lowest BCUT2D eigenvalue weighted by Gasteiger charge is -2.10. The van der Waals surface area contributed by atoms with Gasteiger partial charge < -0.3 is 5.32 Å². The number of aryl methyl sites for hydroxylation is 1. The number of nitrogens with one attached hydrogen (secondary N) is 1. The number of aromatic nitrogens is 3. The second-order valence-electron chi connectivity index (χ2n) is 6.15. The molecule has 0 bridgehead atoms. The molecule has 0 radical (unpaired) electrons. The molecule has 29 heavy (non-hydrogen) atoms. The van der Waals surface area contributed by atoms with Gasteiger partial charge in [0.25, 0.3) is 0 Å². The van der Waals surface area contributed by atoms with Crippen molar-refractivity contribution in [3.63, 3.8) is 0 Å². The normalized spacial score (nSPS) is 10.8. The molecule has 3 aromatic rings. The zero-order chi connectivity index (χ0) is 21.0. The largest absolute Gasteiger partial charge is 0.323 e. The topological polar surface area (TPSA) is 59.8 Å². The predicted molar refractivity (Wildman–Crippen MR) is 116 cm³/mol.